The lowest BCUT2D eigenvalue weighted by Gasteiger charge is -2.16. The molecule has 1 heterocycles. The van der Waals surface area contributed by atoms with Crippen LogP contribution in [0.15, 0.2) is 0 Å². The largest absolute Gasteiger partial charge is 0.480 e. The molecule has 1 rings (SSSR count). The van der Waals surface area contributed by atoms with E-state index in [0.717, 1.165) is 0 Å². The fraction of sp³-hybridized carbons (Fsp3) is 0.833. The normalized spacial score (nSPS) is 40.0. The van der Waals surface area contributed by atoms with Crippen molar-refractivity contribution in [1.29, 1.82) is 0 Å². The minimum atomic E-state index is -0.917. The summed E-state index contributed by atoms with van der Waals surface area (Å²) < 4.78 is 0. The van der Waals surface area contributed by atoms with Crippen LogP contribution >= 0.6 is 0 Å². The number of carboxylic acids is 1. The molecule has 10 heavy (non-hydrogen) atoms. The lowest BCUT2D eigenvalue weighted by Crippen LogP contribution is -2.44. The Morgan fingerprint density at radius 2 is 2.40 bits per heavy atom. The topological polar surface area (TPSA) is 69.6 Å². The molecule has 0 unspecified atom stereocenters. The Kier molecular flexibility index (Phi) is 1.66. The zero-order chi connectivity index (χ0) is 7.78. The fourth-order valence-corrected chi connectivity index (χ4v) is 1.12. The summed E-state index contributed by atoms with van der Waals surface area (Å²) in [7, 11) is 0. The van der Waals surface area contributed by atoms with Gasteiger partial charge in [-0.15, -0.1) is 0 Å². The molecule has 0 aromatic carbocycles. The minimum absolute atomic E-state index is 0.294. The zero-order valence-corrected chi connectivity index (χ0v) is 5.79. The average Bonchev–Trinajstić information content (AvgIpc) is 2.13. The summed E-state index contributed by atoms with van der Waals surface area (Å²) in [6.07, 6.45) is -0.219. The van der Waals surface area contributed by atoms with Gasteiger partial charge in [-0.3, -0.25) is 10.1 Å². The third-order valence-electron chi connectivity index (χ3n) is 1.84. The minimum Gasteiger partial charge on any atom is -0.480 e. The van der Waals surface area contributed by atoms with Crippen LogP contribution in [-0.2, 0) is 4.79 Å². The fourth-order valence-electron chi connectivity index (χ4n) is 1.12. The molecule has 0 spiro atoms. The molecule has 1 fully saturated rings. The van der Waals surface area contributed by atoms with E-state index in [0.29, 0.717) is 13.0 Å². The van der Waals surface area contributed by atoms with Gasteiger partial charge < -0.3 is 10.2 Å². The molecule has 3 N–H and O–H groups in total. The average molecular weight is 145 g/mol. The van der Waals surface area contributed by atoms with Crippen molar-refractivity contribution < 1.29 is 15.0 Å². The van der Waals surface area contributed by atoms with Crippen LogP contribution in [0.5, 0.6) is 0 Å². The molecule has 2 atom stereocenters. The van der Waals surface area contributed by atoms with Crippen molar-refractivity contribution in [1.82, 2.24) is 5.32 Å². The van der Waals surface area contributed by atoms with Gasteiger partial charge in [0.2, 0.25) is 0 Å². The third kappa shape index (κ3) is 1.12. The van der Waals surface area contributed by atoms with E-state index in [1.165, 1.54) is 0 Å². The van der Waals surface area contributed by atoms with Gasteiger partial charge in [-0.1, -0.05) is 0 Å². The van der Waals surface area contributed by atoms with E-state index in [1.807, 2.05) is 0 Å². The molecule has 1 aliphatic heterocycles. The van der Waals surface area contributed by atoms with E-state index in [4.69, 9.17) is 10.2 Å². The van der Waals surface area contributed by atoms with E-state index in [9.17, 15) is 4.79 Å². The smallest absolute Gasteiger partial charge is 0.323 e. The second-order valence-electron chi connectivity index (χ2n) is 2.88. The molecular formula is C6H11NO3. The van der Waals surface area contributed by atoms with Gasteiger partial charge in [0, 0.05) is 13.0 Å². The Labute approximate surface area is 58.9 Å². The van der Waals surface area contributed by atoms with Crippen molar-refractivity contribution in [3.8, 4) is 0 Å². The van der Waals surface area contributed by atoms with Gasteiger partial charge >= 0.3 is 5.97 Å². The van der Waals surface area contributed by atoms with Crippen LogP contribution in [0, 0.1) is 0 Å². The van der Waals surface area contributed by atoms with Crippen molar-refractivity contribution in [2.45, 2.75) is 25.0 Å². The number of rotatable bonds is 1. The summed E-state index contributed by atoms with van der Waals surface area (Å²) in [4.78, 5) is 10.5. The molecule has 0 radical (unpaired) electrons. The Balaban J connectivity index is 2.63. The number of carbonyl (C=O) groups is 1. The number of aliphatic hydroxyl groups excluding tert-OH is 1. The van der Waals surface area contributed by atoms with Crippen molar-refractivity contribution in [3.63, 3.8) is 0 Å². The maximum absolute atomic E-state index is 10.5. The summed E-state index contributed by atoms with van der Waals surface area (Å²) in [5.41, 5.74) is -0.917. The first-order valence-electron chi connectivity index (χ1n) is 3.21. The summed E-state index contributed by atoms with van der Waals surface area (Å²) in [6.45, 7) is 1.95. The molecule has 58 valence electrons. The Morgan fingerprint density at radius 1 is 1.80 bits per heavy atom. The first-order chi connectivity index (χ1) is 4.54. The van der Waals surface area contributed by atoms with Gasteiger partial charge in [0.15, 0.2) is 0 Å². The van der Waals surface area contributed by atoms with Crippen molar-refractivity contribution in [3.05, 3.63) is 0 Å². The summed E-state index contributed by atoms with van der Waals surface area (Å²) in [6, 6.07) is 0. The van der Waals surface area contributed by atoms with Crippen LogP contribution in [0.1, 0.15) is 13.3 Å². The van der Waals surface area contributed by atoms with Crippen LogP contribution in [0.25, 0.3) is 0 Å². The molecular weight excluding hydrogens is 134 g/mol. The Morgan fingerprint density at radius 3 is 2.60 bits per heavy atom. The van der Waals surface area contributed by atoms with E-state index in [-0.39, 0.29) is 0 Å². The van der Waals surface area contributed by atoms with Crippen molar-refractivity contribution in [2.24, 2.45) is 0 Å². The van der Waals surface area contributed by atoms with Gasteiger partial charge in [0.25, 0.3) is 0 Å². The molecule has 0 saturated carbocycles. The number of β-amino-alcohol motifs (C(OH)–C–C–N with tert-alkyl or cyclic N) is 1. The standard InChI is InChI=1S/C6H11NO3/c1-6(5(9)10)2-4(8)3-7-6/h4,7-8H,2-3H2,1H3,(H,9,10)/t4-,6-/m0/s1. The molecule has 0 bridgehead atoms. The summed E-state index contributed by atoms with van der Waals surface area (Å²) >= 11 is 0. The van der Waals surface area contributed by atoms with Crippen LogP contribution in [0.3, 0.4) is 0 Å². The second kappa shape index (κ2) is 2.21. The van der Waals surface area contributed by atoms with Gasteiger partial charge in [-0.05, 0) is 6.92 Å². The maximum Gasteiger partial charge on any atom is 0.323 e. The lowest BCUT2D eigenvalue weighted by molar-refractivity contribution is -0.143. The molecule has 4 nitrogen and oxygen atoms in total. The highest BCUT2D eigenvalue weighted by Gasteiger charge is 2.40. The zero-order valence-electron chi connectivity index (χ0n) is 5.79. The Bertz CT molecular complexity index is 159. The predicted molar refractivity (Wildman–Crippen MR) is 34.7 cm³/mol. The number of aliphatic carboxylic acids is 1. The number of carboxylic acid groups (broad SMARTS) is 1. The van der Waals surface area contributed by atoms with E-state index >= 15 is 0 Å². The van der Waals surface area contributed by atoms with Crippen LogP contribution < -0.4 is 5.32 Å². The van der Waals surface area contributed by atoms with Gasteiger partial charge in [0.1, 0.15) is 5.54 Å². The van der Waals surface area contributed by atoms with Crippen molar-refractivity contribution >= 4 is 5.97 Å². The summed E-state index contributed by atoms with van der Waals surface area (Å²) in [5.74, 6) is -0.899. The maximum atomic E-state index is 10.5. The Hall–Kier alpha value is -0.610. The second-order valence-corrected chi connectivity index (χ2v) is 2.88. The van der Waals surface area contributed by atoms with Crippen LogP contribution in [-0.4, -0.2) is 34.4 Å². The first kappa shape index (κ1) is 7.50. The van der Waals surface area contributed by atoms with Crippen LogP contribution in [0.2, 0.25) is 0 Å². The highest BCUT2D eigenvalue weighted by atomic mass is 16.4. The SMILES string of the molecule is C[C@@]1(C(=O)O)C[C@H](O)CN1. The molecule has 1 aliphatic rings. The lowest BCUT2D eigenvalue weighted by atomic mass is 10.0. The van der Waals surface area contributed by atoms with E-state index in [1.54, 1.807) is 6.92 Å². The highest BCUT2D eigenvalue weighted by molar-refractivity contribution is 5.78. The third-order valence-corrected chi connectivity index (χ3v) is 1.84. The number of hydrogen-bond donors (Lipinski definition) is 3. The van der Waals surface area contributed by atoms with Gasteiger partial charge in [-0.2, -0.15) is 0 Å². The number of nitrogens with one attached hydrogen (secondary N) is 1. The molecule has 0 amide bonds. The monoisotopic (exact) mass is 145 g/mol. The van der Waals surface area contributed by atoms with E-state index in [2.05, 4.69) is 5.32 Å². The van der Waals surface area contributed by atoms with Gasteiger partial charge in [0.05, 0.1) is 6.10 Å². The number of hydrogen-bond acceptors (Lipinski definition) is 3. The van der Waals surface area contributed by atoms with Gasteiger partial charge in [-0.25, -0.2) is 0 Å². The predicted octanol–water partition coefficient (Wildman–Crippen LogP) is -0.816. The molecule has 0 aromatic heterocycles. The molecule has 0 aliphatic carbocycles. The summed E-state index contributed by atoms with van der Waals surface area (Å²) in [5, 5.41) is 20.3. The first-order valence-corrected chi connectivity index (χ1v) is 3.21. The van der Waals surface area contributed by atoms with E-state index < -0.39 is 17.6 Å². The molecule has 0 aromatic rings. The quantitative estimate of drug-likeness (QED) is 0.451. The van der Waals surface area contributed by atoms with Crippen LogP contribution in [0.4, 0.5) is 0 Å². The molecule has 4 heteroatoms. The molecule has 1 saturated heterocycles. The number of aliphatic hydroxyl groups is 1. The highest BCUT2D eigenvalue weighted by Crippen LogP contribution is 2.18. The van der Waals surface area contributed by atoms with Crippen molar-refractivity contribution in [2.75, 3.05) is 6.54 Å².